The normalized spacial score (nSPS) is 22.8. The summed E-state index contributed by atoms with van der Waals surface area (Å²) in [5.74, 6) is 0.605. The molecule has 0 aromatic carbocycles. The first-order valence-electron chi connectivity index (χ1n) is 11.4. The number of hydrogen-bond acceptors (Lipinski definition) is 4. The highest BCUT2D eigenvalue weighted by Crippen LogP contribution is 2.37. The fourth-order valence-corrected chi connectivity index (χ4v) is 4.79. The van der Waals surface area contributed by atoms with E-state index in [2.05, 4.69) is 50.2 Å². The van der Waals surface area contributed by atoms with Crippen LogP contribution in [0.4, 0.5) is 4.79 Å². The minimum Gasteiger partial charge on any atom is -0.444 e. The molecule has 2 aliphatic rings. The molecule has 1 aliphatic heterocycles. The Morgan fingerprint density at radius 2 is 1.80 bits per heavy atom. The van der Waals surface area contributed by atoms with E-state index < -0.39 is 5.60 Å². The molecular weight excluding hydrogens is 374 g/mol. The van der Waals surface area contributed by atoms with Crippen molar-refractivity contribution >= 4 is 11.8 Å². The van der Waals surface area contributed by atoms with Crippen molar-refractivity contribution in [1.82, 2.24) is 9.80 Å². The molecule has 5 nitrogen and oxygen atoms in total. The zero-order valence-corrected chi connectivity index (χ0v) is 20.1. The summed E-state index contributed by atoms with van der Waals surface area (Å²) in [5.41, 5.74) is 4.45. The Labute approximate surface area is 183 Å². The second-order valence-electron chi connectivity index (χ2n) is 9.55. The molecule has 1 heterocycles. The minimum absolute atomic E-state index is 0.208. The average Bonchev–Trinajstić information content (AvgIpc) is 3.18. The Bertz CT molecular complexity index is 721. The molecule has 1 saturated carbocycles. The van der Waals surface area contributed by atoms with Crippen molar-refractivity contribution in [2.24, 2.45) is 10.9 Å². The maximum atomic E-state index is 12.5. The Kier molecular flexibility index (Phi) is 8.34. The van der Waals surface area contributed by atoms with Gasteiger partial charge in [0.25, 0.3) is 0 Å². The lowest BCUT2D eigenvalue weighted by atomic mass is 9.87. The SMILES string of the molecule is C=CN=C(C)C(/C(=C\C)C1CCCC1)=C(\C)N1CCN(C(=O)OC(C)(C)C)CC1C. The van der Waals surface area contributed by atoms with Crippen LogP contribution in [0, 0.1) is 5.92 Å². The van der Waals surface area contributed by atoms with Crippen LogP contribution >= 0.6 is 0 Å². The Morgan fingerprint density at radius 3 is 2.30 bits per heavy atom. The van der Waals surface area contributed by atoms with Gasteiger partial charge in [0.2, 0.25) is 0 Å². The second kappa shape index (κ2) is 10.3. The molecule has 0 aromatic heterocycles. The number of aliphatic imine (C=N–C) groups is 1. The van der Waals surface area contributed by atoms with Gasteiger partial charge >= 0.3 is 6.09 Å². The summed E-state index contributed by atoms with van der Waals surface area (Å²) in [4.78, 5) is 21.3. The van der Waals surface area contributed by atoms with Gasteiger partial charge in [-0.05, 0) is 72.8 Å². The van der Waals surface area contributed by atoms with Gasteiger partial charge in [0, 0.05) is 48.9 Å². The van der Waals surface area contributed by atoms with Crippen molar-refractivity contribution in [2.75, 3.05) is 19.6 Å². The van der Waals surface area contributed by atoms with E-state index in [0.29, 0.717) is 19.0 Å². The van der Waals surface area contributed by atoms with Crippen LogP contribution in [-0.2, 0) is 4.74 Å². The molecule has 1 aliphatic carbocycles. The van der Waals surface area contributed by atoms with Crippen LogP contribution < -0.4 is 0 Å². The van der Waals surface area contributed by atoms with E-state index in [1.165, 1.54) is 42.5 Å². The molecule has 2 rings (SSSR count). The first-order valence-corrected chi connectivity index (χ1v) is 11.4. The van der Waals surface area contributed by atoms with Crippen LogP contribution in [0.5, 0.6) is 0 Å². The van der Waals surface area contributed by atoms with Crippen molar-refractivity contribution < 1.29 is 9.53 Å². The van der Waals surface area contributed by atoms with Crippen molar-refractivity contribution in [1.29, 1.82) is 0 Å². The van der Waals surface area contributed by atoms with Gasteiger partial charge in [0.1, 0.15) is 5.60 Å². The first-order chi connectivity index (χ1) is 14.1. The van der Waals surface area contributed by atoms with Crippen LogP contribution in [0.25, 0.3) is 0 Å². The highest BCUT2D eigenvalue weighted by Gasteiger charge is 2.32. The number of carbonyl (C=O) groups excluding carboxylic acids is 1. The number of rotatable bonds is 5. The van der Waals surface area contributed by atoms with Gasteiger partial charge in [-0.3, -0.25) is 4.99 Å². The summed E-state index contributed by atoms with van der Waals surface area (Å²) in [6, 6.07) is 0.208. The van der Waals surface area contributed by atoms with Crippen LogP contribution in [0.15, 0.2) is 40.7 Å². The molecule has 0 bridgehead atoms. The minimum atomic E-state index is -0.471. The molecule has 0 radical (unpaired) electrons. The van der Waals surface area contributed by atoms with E-state index >= 15 is 0 Å². The van der Waals surface area contributed by atoms with E-state index in [1.807, 2.05) is 25.7 Å². The molecule has 0 spiro atoms. The monoisotopic (exact) mass is 415 g/mol. The van der Waals surface area contributed by atoms with Crippen molar-refractivity contribution in [3.05, 3.63) is 35.7 Å². The van der Waals surface area contributed by atoms with Gasteiger partial charge in [-0.15, -0.1) is 0 Å². The zero-order chi connectivity index (χ0) is 22.5. The topological polar surface area (TPSA) is 45.1 Å². The number of amides is 1. The lowest BCUT2D eigenvalue weighted by Crippen LogP contribution is -2.54. The van der Waals surface area contributed by atoms with Gasteiger partial charge in [-0.25, -0.2) is 4.79 Å². The smallest absolute Gasteiger partial charge is 0.410 e. The van der Waals surface area contributed by atoms with Crippen LogP contribution in [0.1, 0.15) is 74.1 Å². The molecule has 0 aromatic rings. The van der Waals surface area contributed by atoms with E-state index in [0.717, 1.165) is 12.3 Å². The summed E-state index contributed by atoms with van der Waals surface area (Å²) in [6.45, 7) is 20.3. The molecule has 2 fully saturated rings. The maximum absolute atomic E-state index is 12.5. The average molecular weight is 416 g/mol. The van der Waals surface area contributed by atoms with Gasteiger partial charge in [0.15, 0.2) is 0 Å². The Hall–Kier alpha value is -2.04. The van der Waals surface area contributed by atoms with Crippen LogP contribution in [0.3, 0.4) is 0 Å². The van der Waals surface area contributed by atoms with Crippen molar-refractivity contribution in [2.45, 2.75) is 85.8 Å². The number of carbonyl (C=O) groups is 1. The van der Waals surface area contributed by atoms with Crippen molar-refractivity contribution in [3.8, 4) is 0 Å². The predicted molar refractivity (Wildman–Crippen MR) is 126 cm³/mol. The summed E-state index contributed by atoms with van der Waals surface area (Å²) in [7, 11) is 0. The number of nitrogens with zero attached hydrogens (tertiary/aromatic N) is 3. The Morgan fingerprint density at radius 1 is 1.17 bits per heavy atom. The van der Waals surface area contributed by atoms with E-state index in [-0.39, 0.29) is 12.1 Å². The second-order valence-corrected chi connectivity index (χ2v) is 9.55. The summed E-state index contributed by atoms with van der Waals surface area (Å²) in [6.07, 6.45) is 8.79. The fraction of sp³-hybridized carbons (Fsp3) is 0.680. The molecule has 0 N–H and O–H groups in total. The third-order valence-electron chi connectivity index (χ3n) is 6.11. The molecule has 30 heavy (non-hydrogen) atoms. The van der Waals surface area contributed by atoms with Crippen molar-refractivity contribution in [3.63, 3.8) is 0 Å². The summed E-state index contributed by atoms with van der Waals surface area (Å²) >= 11 is 0. The molecule has 5 heteroatoms. The maximum Gasteiger partial charge on any atom is 0.410 e. The lowest BCUT2D eigenvalue weighted by molar-refractivity contribution is 0.0101. The van der Waals surface area contributed by atoms with E-state index in [9.17, 15) is 4.79 Å². The van der Waals surface area contributed by atoms with Gasteiger partial charge in [-0.2, -0.15) is 0 Å². The summed E-state index contributed by atoms with van der Waals surface area (Å²) < 4.78 is 5.58. The number of allylic oxidation sites excluding steroid dienone is 4. The van der Waals surface area contributed by atoms with Gasteiger partial charge in [-0.1, -0.05) is 25.5 Å². The lowest BCUT2D eigenvalue weighted by Gasteiger charge is -2.43. The van der Waals surface area contributed by atoms with Crippen LogP contribution in [0.2, 0.25) is 0 Å². The highest BCUT2D eigenvalue weighted by molar-refractivity contribution is 6.03. The fourth-order valence-electron chi connectivity index (χ4n) is 4.79. The molecule has 1 atom stereocenters. The first kappa shape index (κ1) is 24.2. The standard InChI is InChI=1S/C25H41N3O2/c1-9-22(21-13-11-12-14-21)23(19(4)26-10-2)20(5)28-16-15-27(17-18(28)3)24(29)30-25(6,7)8/h9-10,18,21H,2,11-17H2,1,3-8H3/b22-9-,23-20-,26-19?. The molecule has 1 saturated heterocycles. The predicted octanol–water partition coefficient (Wildman–Crippen LogP) is 5.94. The van der Waals surface area contributed by atoms with Gasteiger partial charge in [0.05, 0.1) is 0 Å². The molecule has 168 valence electrons. The van der Waals surface area contributed by atoms with E-state index in [1.54, 1.807) is 6.20 Å². The number of ether oxygens (including phenoxy) is 1. The summed E-state index contributed by atoms with van der Waals surface area (Å²) in [5, 5.41) is 0. The quantitative estimate of drug-likeness (QED) is 0.412. The highest BCUT2D eigenvalue weighted by atomic mass is 16.6. The number of hydrogen-bond donors (Lipinski definition) is 0. The zero-order valence-electron chi connectivity index (χ0n) is 20.1. The molecule has 1 amide bonds. The molecule has 1 unspecified atom stereocenters. The van der Waals surface area contributed by atoms with E-state index in [4.69, 9.17) is 4.74 Å². The third-order valence-corrected chi connectivity index (χ3v) is 6.11. The Balaban J connectivity index is 2.30. The van der Waals surface area contributed by atoms with Gasteiger partial charge < -0.3 is 14.5 Å². The molecular formula is C25H41N3O2. The van der Waals surface area contributed by atoms with Crippen LogP contribution in [-0.4, -0.2) is 52.9 Å². The third kappa shape index (κ3) is 5.99. The largest absolute Gasteiger partial charge is 0.444 e. The number of piperazine rings is 1.